The first kappa shape index (κ1) is 50.3. The highest BCUT2D eigenvalue weighted by Gasteiger charge is 2.52. The number of terminal acetylenes is 1. The molecule has 3 aliphatic rings. The summed E-state index contributed by atoms with van der Waals surface area (Å²) in [4.78, 5) is 81.7. The van der Waals surface area contributed by atoms with E-state index < -0.39 is 60.4 Å². The topological polar surface area (TPSA) is 201 Å². The molecule has 0 aliphatic carbocycles. The van der Waals surface area contributed by atoms with E-state index in [2.05, 4.69) is 5.92 Å². The zero-order chi connectivity index (χ0) is 49.1. The molecule has 68 heavy (non-hydrogen) atoms. The number of anilines is 1. The van der Waals surface area contributed by atoms with Crippen LogP contribution in [0.3, 0.4) is 0 Å². The Kier molecular flexibility index (Phi) is 17.1. The Labute approximate surface area is 394 Å². The normalized spacial score (nSPS) is 20.7. The third-order valence-corrected chi connectivity index (χ3v) is 11.5. The number of aryl methyl sites for hydroxylation is 1. The average molecular weight is 941 g/mol. The maximum atomic E-state index is 14.3. The van der Waals surface area contributed by atoms with Crippen molar-refractivity contribution in [3.63, 3.8) is 0 Å². The number of nitrogens with zero attached hydrogens (tertiary/aromatic N) is 2. The number of benzene rings is 3. The molecular formula is C50H56N2O16. The minimum atomic E-state index is -1.45. The van der Waals surface area contributed by atoms with Crippen molar-refractivity contribution in [3.8, 4) is 35.3 Å². The van der Waals surface area contributed by atoms with Crippen molar-refractivity contribution in [2.75, 3.05) is 46.2 Å². The van der Waals surface area contributed by atoms with Gasteiger partial charge in [0.05, 0.1) is 32.6 Å². The van der Waals surface area contributed by atoms with Crippen molar-refractivity contribution in [2.45, 2.75) is 97.0 Å². The smallest absolute Gasteiger partial charge is 0.335 e. The average Bonchev–Trinajstić information content (AvgIpc) is 3.76. The van der Waals surface area contributed by atoms with Crippen molar-refractivity contribution in [3.05, 3.63) is 83.1 Å². The minimum absolute atomic E-state index is 0.00219. The van der Waals surface area contributed by atoms with Gasteiger partial charge in [0.15, 0.2) is 12.2 Å². The number of amides is 2. The third-order valence-electron chi connectivity index (χ3n) is 11.5. The molecular weight excluding hydrogens is 885 g/mol. The summed E-state index contributed by atoms with van der Waals surface area (Å²) in [6.07, 6.45) is 3.79. The molecule has 1 fully saturated rings. The minimum Gasteiger partial charge on any atom is -0.497 e. The molecule has 3 heterocycles. The second kappa shape index (κ2) is 23.1. The Balaban J connectivity index is 1.15. The van der Waals surface area contributed by atoms with Crippen LogP contribution in [0.5, 0.6) is 23.0 Å². The Bertz CT molecular complexity index is 2430. The van der Waals surface area contributed by atoms with Gasteiger partial charge in [-0.2, -0.15) is 0 Å². The molecule has 1 unspecified atom stereocenters. The quantitative estimate of drug-likeness (QED) is 0.0591. The van der Waals surface area contributed by atoms with Crippen molar-refractivity contribution < 1.29 is 76.1 Å². The van der Waals surface area contributed by atoms with E-state index >= 15 is 0 Å². The highest BCUT2D eigenvalue weighted by Crippen LogP contribution is 2.41. The van der Waals surface area contributed by atoms with Crippen LogP contribution >= 0.6 is 0 Å². The monoisotopic (exact) mass is 940 g/mol. The van der Waals surface area contributed by atoms with E-state index in [-0.39, 0.29) is 55.2 Å². The van der Waals surface area contributed by atoms with Crippen LogP contribution in [-0.4, -0.2) is 113 Å². The molecule has 3 aliphatic heterocycles. The number of ether oxygens (including phenoxy) is 10. The highest BCUT2D eigenvalue weighted by molar-refractivity contribution is 6.13. The fourth-order valence-electron chi connectivity index (χ4n) is 8.19. The summed E-state index contributed by atoms with van der Waals surface area (Å²) in [6, 6.07) is 14.6. The van der Waals surface area contributed by atoms with Gasteiger partial charge in [0.25, 0.3) is 11.8 Å². The second-order valence-corrected chi connectivity index (χ2v) is 16.1. The Morgan fingerprint density at radius 2 is 1.60 bits per heavy atom. The van der Waals surface area contributed by atoms with Crippen molar-refractivity contribution in [2.24, 2.45) is 5.92 Å². The molecule has 0 spiro atoms. The van der Waals surface area contributed by atoms with Crippen LogP contribution in [0.25, 0.3) is 5.57 Å². The van der Waals surface area contributed by atoms with Crippen LogP contribution in [0, 0.1) is 18.3 Å². The van der Waals surface area contributed by atoms with Gasteiger partial charge in [0.1, 0.15) is 49.0 Å². The number of esters is 4. The van der Waals surface area contributed by atoms with E-state index in [0.29, 0.717) is 54.2 Å². The first-order chi connectivity index (χ1) is 32.7. The number of fused-ring (bicyclic) bond motifs is 2. The predicted octanol–water partition coefficient (Wildman–Crippen LogP) is 5.54. The molecule has 0 N–H and O–H groups in total. The number of hydrogen-bond acceptors (Lipinski definition) is 16. The number of rotatable bonds is 20. The van der Waals surface area contributed by atoms with Gasteiger partial charge < -0.3 is 52.3 Å². The maximum Gasteiger partial charge on any atom is 0.335 e. The van der Waals surface area contributed by atoms with Crippen molar-refractivity contribution >= 4 is 47.0 Å². The van der Waals surface area contributed by atoms with Crippen molar-refractivity contribution in [1.29, 1.82) is 0 Å². The van der Waals surface area contributed by atoms with Gasteiger partial charge in [-0.25, -0.2) is 4.79 Å². The zero-order valence-electron chi connectivity index (χ0n) is 39.1. The Hall–Kier alpha value is -7.10. The molecule has 18 nitrogen and oxygen atoms in total. The molecule has 3 aromatic carbocycles. The second-order valence-electron chi connectivity index (χ2n) is 16.1. The number of carbonyl (C=O) groups is 6. The lowest BCUT2D eigenvalue weighted by Gasteiger charge is -2.42. The predicted molar refractivity (Wildman–Crippen MR) is 242 cm³/mol. The van der Waals surface area contributed by atoms with Gasteiger partial charge in [0, 0.05) is 57.0 Å². The van der Waals surface area contributed by atoms with Crippen LogP contribution in [0.15, 0.2) is 60.8 Å². The van der Waals surface area contributed by atoms with Gasteiger partial charge in [0.2, 0.25) is 12.4 Å². The van der Waals surface area contributed by atoms with E-state index in [4.69, 9.17) is 53.8 Å². The van der Waals surface area contributed by atoms with Crippen LogP contribution < -0.4 is 23.8 Å². The third kappa shape index (κ3) is 11.7. The van der Waals surface area contributed by atoms with E-state index in [0.717, 1.165) is 24.5 Å². The van der Waals surface area contributed by atoms with Gasteiger partial charge in [-0.1, -0.05) is 31.9 Å². The largest absolute Gasteiger partial charge is 0.497 e. The maximum absolute atomic E-state index is 14.3. The zero-order valence-corrected chi connectivity index (χ0v) is 39.1. The molecule has 3 aromatic rings. The summed E-state index contributed by atoms with van der Waals surface area (Å²) in [5.74, 6) is -0.317. The fourth-order valence-corrected chi connectivity index (χ4v) is 8.19. The summed E-state index contributed by atoms with van der Waals surface area (Å²) >= 11 is 0. The fraction of sp³-hybridized carbons (Fsp3) is 0.440. The van der Waals surface area contributed by atoms with E-state index in [1.54, 1.807) is 38.4 Å². The van der Waals surface area contributed by atoms with E-state index in [9.17, 15) is 28.8 Å². The summed E-state index contributed by atoms with van der Waals surface area (Å²) < 4.78 is 56.3. The molecule has 0 bridgehead atoms. The van der Waals surface area contributed by atoms with Crippen LogP contribution in [0.4, 0.5) is 5.69 Å². The number of carbonyl (C=O) groups excluding carboxylic acids is 6. The molecule has 6 rings (SSSR count). The van der Waals surface area contributed by atoms with Gasteiger partial charge in [-0.3, -0.25) is 28.9 Å². The van der Waals surface area contributed by atoms with Crippen LogP contribution in [-0.2, 0) is 65.4 Å². The van der Waals surface area contributed by atoms with Crippen molar-refractivity contribution in [1.82, 2.24) is 4.90 Å². The summed E-state index contributed by atoms with van der Waals surface area (Å²) in [6.45, 7) is 5.86. The van der Waals surface area contributed by atoms with E-state index in [1.807, 2.05) is 31.2 Å². The molecule has 2 amide bonds. The summed E-state index contributed by atoms with van der Waals surface area (Å²) in [7, 11) is 4.25. The summed E-state index contributed by atoms with van der Waals surface area (Å²) in [5.41, 5.74) is 3.45. The highest BCUT2D eigenvalue weighted by atomic mass is 16.7. The standard InChI is InChI=1S/C50H56N2O16/c1-9-20-62-28-52-39-22-33(41(60-7)25-38(39)47(56)51-26-35(23-40(51)48(52)57)32-14-17-36(59-6)18-15-32)12-11-13-43(55)64-27-34-16-19-37(24-42(34)63-21-10-2)67-50-46(66-31(5)54)44(65-30(4)53)29(3)45(68-50)49(58)61-8/h2,14-19,22,24-26,29,40,44-46,50H,9,11-13,20-21,23,27-28H2,1,3-8H3/t29-,40?,44-,45-,46+,50+/m0/s1. The molecule has 18 heteroatoms. The molecule has 0 radical (unpaired) electrons. The molecule has 0 aromatic heterocycles. The first-order valence-corrected chi connectivity index (χ1v) is 22.1. The molecule has 0 saturated carbocycles. The lowest BCUT2D eigenvalue weighted by atomic mass is 9.90. The van der Waals surface area contributed by atoms with Gasteiger partial charge in [-0.15, -0.1) is 6.42 Å². The molecule has 362 valence electrons. The van der Waals surface area contributed by atoms with Gasteiger partial charge in [-0.05, 0) is 72.4 Å². The first-order valence-electron chi connectivity index (χ1n) is 22.1. The van der Waals surface area contributed by atoms with Crippen LogP contribution in [0.2, 0.25) is 0 Å². The van der Waals surface area contributed by atoms with E-state index in [1.165, 1.54) is 43.1 Å². The molecule has 6 atom stereocenters. The number of hydrogen-bond donors (Lipinski definition) is 0. The summed E-state index contributed by atoms with van der Waals surface area (Å²) in [5, 5.41) is 0. The SMILES string of the molecule is C#CCOc1cc(O[C@@H]2O[C@H](C(=O)OC)[C@@H](C)[C@H](OC(C)=O)[C@H]2OC(C)=O)ccc1COC(=O)CCCc1cc2c(cc1OC)C(=O)N1C=C(c3ccc(OC)cc3)CC1C(=O)N2COCCC. The Morgan fingerprint density at radius 3 is 2.26 bits per heavy atom. The lowest BCUT2D eigenvalue weighted by molar-refractivity contribution is -0.266. The van der Waals surface area contributed by atoms with Crippen LogP contribution in [0.1, 0.15) is 80.4 Å². The van der Waals surface area contributed by atoms with Gasteiger partial charge >= 0.3 is 23.9 Å². The Morgan fingerprint density at radius 1 is 0.882 bits per heavy atom. The number of methoxy groups -OCH3 is 3. The molecule has 1 saturated heterocycles. The lowest BCUT2D eigenvalue weighted by Crippen LogP contribution is -2.60.